The second kappa shape index (κ2) is 2.83. The van der Waals surface area contributed by atoms with Crippen molar-refractivity contribution in [3.8, 4) is 0 Å². The summed E-state index contributed by atoms with van der Waals surface area (Å²) in [6.45, 7) is 0.830. The Balaban J connectivity index is 2.06. The van der Waals surface area contributed by atoms with Gasteiger partial charge in [-0.05, 0) is 48.8 Å². The highest BCUT2D eigenvalue weighted by molar-refractivity contribution is 5.37. The zero-order valence-corrected chi connectivity index (χ0v) is 8.50. The highest BCUT2D eigenvalue weighted by Gasteiger charge is 2.50. The van der Waals surface area contributed by atoms with Crippen LogP contribution >= 0.6 is 0 Å². The lowest BCUT2D eigenvalue weighted by Crippen LogP contribution is -2.28. The normalized spacial score (nSPS) is 27.4. The largest absolute Gasteiger partial charge is 0.330 e. The highest BCUT2D eigenvalue weighted by atomic mass is 14.6. The summed E-state index contributed by atoms with van der Waals surface area (Å²) in [7, 11) is 0. The second-order valence-electron chi connectivity index (χ2n) is 4.85. The fraction of sp³-hybridized carbons (Fsp3) is 0.538. The summed E-state index contributed by atoms with van der Waals surface area (Å²) in [5.74, 6) is 0.646. The van der Waals surface area contributed by atoms with Gasteiger partial charge in [-0.1, -0.05) is 24.3 Å². The van der Waals surface area contributed by atoms with Crippen LogP contribution in [-0.2, 0) is 6.42 Å². The van der Waals surface area contributed by atoms with E-state index < -0.39 is 0 Å². The van der Waals surface area contributed by atoms with Gasteiger partial charge >= 0.3 is 0 Å². The monoisotopic (exact) mass is 187 g/mol. The van der Waals surface area contributed by atoms with Crippen LogP contribution in [0.4, 0.5) is 0 Å². The summed E-state index contributed by atoms with van der Waals surface area (Å²) >= 11 is 0. The average molecular weight is 187 g/mol. The molecular formula is C13H17N. The van der Waals surface area contributed by atoms with Crippen molar-refractivity contribution in [1.82, 2.24) is 0 Å². The predicted molar refractivity (Wildman–Crippen MR) is 58.2 cm³/mol. The van der Waals surface area contributed by atoms with Crippen LogP contribution in [0, 0.1) is 5.41 Å². The van der Waals surface area contributed by atoms with E-state index in [1.54, 1.807) is 11.1 Å². The summed E-state index contributed by atoms with van der Waals surface area (Å²) in [4.78, 5) is 0. The van der Waals surface area contributed by atoms with Crippen LogP contribution in [0.2, 0.25) is 0 Å². The predicted octanol–water partition coefficient (Wildman–Crippen LogP) is 2.46. The first-order valence-corrected chi connectivity index (χ1v) is 5.64. The number of benzene rings is 1. The number of nitrogens with two attached hydrogens (primary N) is 1. The Kier molecular flexibility index (Phi) is 1.72. The van der Waals surface area contributed by atoms with Gasteiger partial charge in [-0.25, -0.2) is 0 Å². The maximum atomic E-state index is 5.93. The molecule has 1 heteroatoms. The van der Waals surface area contributed by atoms with E-state index in [1.165, 1.54) is 25.7 Å². The molecule has 2 aliphatic carbocycles. The van der Waals surface area contributed by atoms with Crippen LogP contribution in [0.3, 0.4) is 0 Å². The fourth-order valence-electron chi connectivity index (χ4n) is 3.13. The number of hydrogen-bond acceptors (Lipinski definition) is 1. The van der Waals surface area contributed by atoms with E-state index in [9.17, 15) is 0 Å². The first-order valence-electron chi connectivity index (χ1n) is 5.64. The summed E-state index contributed by atoms with van der Waals surface area (Å²) < 4.78 is 0. The van der Waals surface area contributed by atoms with Gasteiger partial charge in [0.2, 0.25) is 0 Å². The van der Waals surface area contributed by atoms with Crippen molar-refractivity contribution in [2.45, 2.75) is 31.6 Å². The van der Waals surface area contributed by atoms with Crippen molar-refractivity contribution in [3.63, 3.8) is 0 Å². The lowest BCUT2D eigenvalue weighted by molar-refractivity contribution is 0.352. The molecule has 1 aromatic rings. The minimum Gasteiger partial charge on any atom is -0.330 e. The number of aryl methyl sites for hydroxylation is 1. The lowest BCUT2D eigenvalue weighted by atomic mass is 9.72. The van der Waals surface area contributed by atoms with Gasteiger partial charge in [0.1, 0.15) is 0 Å². The molecule has 0 amide bonds. The van der Waals surface area contributed by atoms with Crippen LogP contribution in [0.15, 0.2) is 24.3 Å². The third-order valence-corrected chi connectivity index (χ3v) is 4.19. The smallest absolute Gasteiger partial charge is 0.00205 e. The molecule has 2 aliphatic rings. The van der Waals surface area contributed by atoms with Crippen LogP contribution in [0.25, 0.3) is 0 Å². The summed E-state index contributed by atoms with van der Waals surface area (Å²) in [6, 6.07) is 8.86. The Labute approximate surface area is 85.3 Å². The van der Waals surface area contributed by atoms with E-state index >= 15 is 0 Å². The molecule has 1 atom stereocenters. The Bertz CT molecular complexity index is 352. The van der Waals surface area contributed by atoms with Gasteiger partial charge in [0.05, 0.1) is 0 Å². The van der Waals surface area contributed by atoms with Crippen LogP contribution in [-0.4, -0.2) is 6.54 Å². The van der Waals surface area contributed by atoms with Gasteiger partial charge in [0.15, 0.2) is 0 Å². The molecule has 0 aliphatic heterocycles. The van der Waals surface area contributed by atoms with Crippen molar-refractivity contribution < 1.29 is 0 Å². The molecular weight excluding hydrogens is 170 g/mol. The summed E-state index contributed by atoms with van der Waals surface area (Å²) in [6.07, 6.45) is 5.45. The number of rotatable bonds is 1. The molecule has 14 heavy (non-hydrogen) atoms. The van der Waals surface area contributed by atoms with Gasteiger partial charge in [0.25, 0.3) is 0 Å². The summed E-state index contributed by atoms with van der Waals surface area (Å²) in [5, 5.41) is 0. The maximum Gasteiger partial charge on any atom is 0.00205 e. The molecule has 0 aromatic heterocycles. The molecule has 3 rings (SSSR count). The molecule has 0 radical (unpaired) electrons. The average Bonchev–Trinajstić information content (AvgIpc) is 2.99. The molecule has 1 unspecified atom stereocenters. The standard InChI is InChI=1S/C13H17N/c14-9-12-11-4-2-1-3-10(11)5-6-13(12)7-8-13/h1-4,12H,5-9,14H2. The van der Waals surface area contributed by atoms with E-state index in [0.29, 0.717) is 11.3 Å². The Morgan fingerprint density at radius 3 is 2.71 bits per heavy atom. The van der Waals surface area contributed by atoms with Gasteiger partial charge in [0, 0.05) is 5.92 Å². The second-order valence-corrected chi connectivity index (χ2v) is 4.85. The van der Waals surface area contributed by atoms with Gasteiger partial charge in [-0.3, -0.25) is 0 Å². The third kappa shape index (κ3) is 1.05. The molecule has 0 saturated heterocycles. The molecule has 1 saturated carbocycles. The molecule has 1 spiro atoms. The molecule has 1 fully saturated rings. The third-order valence-electron chi connectivity index (χ3n) is 4.19. The van der Waals surface area contributed by atoms with Crippen LogP contribution in [0.1, 0.15) is 36.3 Å². The first-order chi connectivity index (χ1) is 6.86. The molecule has 1 nitrogen and oxygen atoms in total. The molecule has 0 heterocycles. The molecule has 2 N–H and O–H groups in total. The molecule has 1 aromatic carbocycles. The van der Waals surface area contributed by atoms with Crippen molar-refractivity contribution in [2.24, 2.45) is 11.1 Å². The Morgan fingerprint density at radius 2 is 2.00 bits per heavy atom. The summed E-state index contributed by atoms with van der Waals surface area (Å²) in [5.41, 5.74) is 9.63. The first kappa shape index (κ1) is 8.49. The van der Waals surface area contributed by atoms with E-state index in [0.717, 1.165) is 6.54 Å². The number of fused-ring (bicyclic) bond motifs is 1. The molecule has 0 bridgehead atoms. The topological polar surface area (TPSA) is 26.0 Å². The van der Waals surface area contributed by atoms with Crippen molar-refractivity contribution in [1.29, 1.82) is 0 Å². The van der Waals surface area contributed by atoms with E-state index in [2.05, 4.69) is 24.3 Å². The molecule has 74 valence electrons. The quantitative estimate of drug-likeness (QED) is 0.718. The Morgan fingerprint density at radius 1 is 1.21 bits per heavy atom. The van der Waals surface area contributed by atoms with Gasteiger partial charge in [-0.15, -0.1) is 0 Å². The van der Waals surface area contributed by atoms with E-state index in [1.807, 2.05) is 0 Å². The maximum absolute atomic E-state index is 5.93. The van der Waals surface area contributed by atoms with E-state index in [4.69, 9.17) is 5.73 Å². The van der Waals surface area contributed by atoms with Crippen molar-refractivity contribution in [2.75, 3.05) is 6.54 Å². The van der Waals surface area contributed by atoms with Crippen LogP contribution < -0.4 is 5.73 Å². The Hall–Kier alpha value is -0.820. The van der Waals surface area contributed by atoms with Crippen molar-refractivity contribution in [3.05, 3.63) is 35.4 Å². The highest BCUT2D eigenvalue weighted by Crippen LogP contribution is 2.61. The minimum atomic E-state index is 0.614. The number of hydrogen-bond donors (Lipinski definition) is 1. The van der Waals surface area contributed by atoms with E-state index in [-0.39, 0.29) is 0 Å². The van der Waals surface area contributed by atoms with Gasteiger partial charge < -0.3 is 5.73 Å². The zero-order valence-electron chi connectivity index (χ0n) is 8.50. The SMILES string of the molecule is NCC1c2ccccc2CCC12CC2. The lowest BCUT2D eigenvalue weighted by Gasteiger charge is -2.33. The van der Waals surface area contributed by atoms with Gasteiger partial charge in [-0.2, -0.15) is 0 Å². The minimum absolute atomic E-state index is 0.614. The van der Waals surface area contributed by atoms with Crippen molar-refractivity contribution >= 4 is 0 Å². The zero-order chi connectivity index (χ0) is 9.60. The fourth-order valence-corrected chi connectivity index (χ4v) is 3.13. The van der Waals surface area contributed by atoms with Crippen LogP contribution in [0.5, 0.6) is 0 Å².